The largest absolute Gasteiger partial charge is 0.326 e. The molecule has 0 radical (unpaired) electrons. The van der Waals surface area contributed by atoms with E-state index in [2.05, 4.69) is 11.2 Å². The molecule has 1 unspecified atom stereocenters. The zero-order valence-corrected chi connectivity index (χ0v) is 11.0. The van der Waals surface area contributed by atoms with Gasteiger partial charge in [0.1, 0.15) is 0 Å². The zero-order valence-electron chi connectivity index (χ0n) is 10.1. The van der Waals surface area contributed by atoms with Crippen LogP contribution < -0.4 is 5.32 Å². The number of rotatable bonds is 2. The van der Waals surface area contributed by atoms with Gasteiger partial charge in [-0.05, 0) is 42.5 Å². The number of hydrogen-bond acceptors (Lipinski definition) is 2. The number of carbonyl (C=O) groups is 1. The molecule has 18 heavy (non-hydrogen) atoms. The van der Waals surface area contributed by atoms with E-state index in [1.165, 1.54) is 0 Å². The zero-order chi connectivity index (χ0) is 12.8. The number of fused-ring (bicyclic) bond motifs is 1. The van der Waals surface area contributed by atoms with Crippen LogP contribution in [-0.2, 0) is 20.9 Å². The Morgan fingerprint density at radius 2 is 2.00 bits per heavy atom. The molecule has 1 fully saturated rings. The molecule has 0 aliphatic carbocycles. The molecule has 4 nitrogen and oxygen atoms in total. The average Bonchev–Trinajstić information content (AvgIpc) is 2.95. The van der Waals surface area contributed by atoms with Gasteiger partial charge in [-0.1, -0.05) is 0 Å². The van der Waals surface area contributed by atoms with Crippen LogP contribution in [0.5, 0.6) is 0 Å². The van der Waals surface area contributed by atoms with E-state index in [4.69, 9.17) is 0 Å². The van der Waals surface area contributed by atoms with Crippen LogP contribution >= 0.6 is 0 Å². The molecule has 0 bridgehead atoms. The van der Waals surface area contributed by atoms with Crippen LogP contribution in [-0.4, -0.2) is 33.4 Å². The highest BCUT2D eigenvalue weighted by Crippen LogP contribution is 2.28. The summed E-state index contributed by atoms with van der Waals surface area (Å²) in [5.74, 6) is 3.91. The summed E-state index contributed by atoms with van der Waals surface area (Å²) in [6.07, 6.45) is 2.54. The summed E-state index contributed by atoms with van der Waals surface area (Å²) in [4.78, 5) is 12.0. The summed E-state index contributed by atoms with van der Waals surface area (Å²) in [7, 11) is -2.38. The van der Waals surface area contributed by atoms with Crippen molar-refractivity contribution in [1.82, 2.24) is 4.31 Å². The summed E-state index contributed by atoms with van der Waals surface area (Å²) in [5.41, 5.74) is 1.76. The first-order valence-corrected chi connectivity index (χ1v) is 7.81. The lowest BCUT2D eigenvalue weighted by atomic mass is 10.2. The van der Waals surface area contributed by atoms with Crippen LogP contribution in [0.15, 0.2) is 23.1 Å². The number of anilines is 1. The lowest BCUT2D eigenvalue weighted by Crippen LogP contribution is -2.27. The SMILES string of the molecule is C=S(=O)(c1ccc2c(c1)CC(=O)N2)N1CCCC1. The Morgan fingerprint density at radius 3 is 2.72 bits per heavy atom. The molecule has 96 valence electrons. The lowest BCUT2D eigenvalue weighted by Gasteiger charge is -2.21. The highest BCUT2D eigenvalue weighted by Gasteiger charge is 2.24. The van der Waals surface area contributed by atoms with Crippen molar-refractivity contribution >= 4 is 27.2 Å². The van der Waals surface area contributed by atoms with Crippen LogP contribution in [0.2, 0.25) is 0 Å². The number of hydrogen-bond donors (Lipinski definition) is 1. The molecule has 2 aliphatic rings. The Bertz CT molecular complexity index is 601. The molecule has 0 aromatic heterocycles. The maximum Gasteiger partial charge on any atom is 0.228 e. The molecule has 1 amide bonds. The summed E-state index contributed by atoms with van der Waals surface area (Å²) < 4.78 is 14.7. The fraction of sp³-hybridized carbons (Fsp3) is 0.385. The Hall–Kier alpha value is -1.33. The third-order valence-electron chi connectivity index (χ3n) is 3.55. The second-order valence-corrected chi connectivity index (χ2v) is 7.09. The molecule has 1 atom stereocenters. The minimum Gasteiger partial charge on any atom is -0.326 e. The van der Waals surface area contributed by atoms with Gasteiger partial charge in [0.25, 0.3) is 0 Å². The van der Waals surface area contributed by atoms with Gasteiger partial charge in [0.2, 0.25) is 5.91 Å². The summed E-state index contributed by atoms with van der Waals surface area (Å²) in [5, 5.41) is 2.78. The first kappa shape index (κ1) is 11.7. The van der Waals surface area contributed by atoms with Crippen molar-refractivity contribution in [1.29, 1.82) is 0 Å². The van der Waals surface area contributed by atoms with Crippen LogP contribution in [0.4, 0.5) is 5.69 Å². The van der Waals surface area contributed by atoms with Gasteiger partial charge < -0.3 is 5.32 Å². The summed E-state index contributed by atoms with van der Waals surface area (Å²) in [6, 6.07) is 5.51. The van der Waals surface area contributed by atoms with Gasteiger partial charge in [0, 0.05) is 23.7 Å². The maximum absolute atomic E-state index is 12.8. The Kier molecular flexibility index (Phi) is 2.68. The number of carbonyl (C=O) groups excluding carboxylic acids is 1. The van der Waals surface area contributed by atoms with Crippen molar-refractivity contribution < 1.29 is 9.00 Å². The van der Waals surface area contributed by atoms with Gasteiger partial charge in [-0.25, -0.2) is 8.51 Å². The lowest BCUT2D eigenvalue weighted by molar-refractivity contribution is -0.115. The molecular weight excluding hydrogens is 248 g/mol. The molecule has 5 heteroatoms. The highest BCUT2D eigenvalue weighted by molar-refractivity contribution is 7.98. The van der Waals surface area contributed by atoms with Crippen LogP contribution in [0.3, 0.4) is 0 Å². The fourth-order valence-corrected chi connectivity index (χ4v) is 4.29. The van der Waals surface area contributed by atoms with Gasteiger partial charge in [0.05, 0.1) is 16.1 Å². The van der Waals surface area contributed by atoms with Crippen molar-refractivity contribution in [3.8, 4) is 0 Å². The summed E-state index contributed by atoms with van der Waals surface area (Å²) >= 11 is 0. The van der Waals surface area contributed by atoms with E-state index in [1.807, 2.05) is 22.5 Å². The van der Waals surface area contributed by atoms with E-state index in [0.29, 0.717) is 6.42 Å². The van der Waals surface area contributed by atoms with Crippen molar-refractivity contribution in [2.24, 2.45) is 0 Å². The molecule has 1 saturated heterocycles. The predicted octanol–water partition coefficient (Wildman–Crippen LogP) is 1.27. The van der Waals surface area contributed by atoms with Gasteiger partial charge in [-0.2, -0.15) is 0 Å². The van der Waals surface area contributed by atoms with E-state index in [0.717, 1.165) is 42.1 Å². The van der Waals surface area contributed by atoms with Gasteiger partial charge in [-0.15, -0.1) is 0 Å². The van der Waals surface area contributed by atoms with Crippen molar-refractivity contribution in [3.63, 3.8) is 0 Å². The predicted molar refractivity (Wildman–Crippen MR) is 73.1 cm³/mol. The minimum absolute atomic E-state index is 0.00103. The molecular formula is C13H16N2O2S. The Morgan fingerprint density at radius 1 is 1.28 bits per heavy atom. The second kappa shape index (κ2) is 4.10. The minimum atomic E-state index is -2.38. The molecule has 0 spiro atoms. The number of nitrogens with one attached hydrogen (secondary N) is 1. The van der Waals surface area contributed by atoms with E-state index in [-0.39, 0.29) is 5.91 Å². The number of nitrogens with zero attached hydrogens (tertiary/aromatic N) is 1. The van der Waals surface area contributed by atoms with Crippen LogP contribution in [0.25, 0.3) is 0 Å². The second-order valence-electron chi connectivity index (χ2n) is 4.82. The van der Waals surface area contributed by atoms with Gasteiger partial charge in [0.15, 0.2) is 0 Å². The van der Waals surface area contributed by atoms with Crippen molar-refractivity contribution in [3.05, 3.63) is 23.8 Å². The van der Waals surface area contributed by atoms with Crippen molar-refractivity contribution in [2.75, 3.05) is 18.4 Å². The molecule has 1 aromatic rings. The topological polar surface area (TPSA) is 49.4 Å². The van der Waals surface area contributed by atoms with Crippen LogP contribution in [0, 0.1) is 0 Å². The number of amides is 1. The van der Waals surface area contributed by atoms with Gasteiger partial charge >= 0.3 is 0 Å². The molecule has 1 aromatic carbocycles. The van der Waals surface area contributed by atoms with E-state index < -0.39 is 9.71 Å². The van der Waals surface area contributed by atoms with E-state index in [1.54, 1.807) is 0 Å². The van der Waals surface area contributed by atoms with Crippen LogP contribution in [0.1, 0.15) is 18.4 Å². The Labute approximate surface area is 107 Å². The molecule has 2 heterocycles. The molecule has 0 saturated carbocycles. The normalized spacial score (nSPS) is 22.6. The molecule has 3 rings (SSSR count). The fourth-order valence-electron chi connectivity index (χ4n) is 2.54. The van der Waals surface area contributed by atoms with Gasteiger partial charge in [-0.3, -0.25) is 4.79 Å². The highest BCUT2D eigenvalue weighted by atomic mass is 32.2. The maximum atomic E-state index is 12.8. The Balaban J connectivity index is 1.98. The monoisotopic (exact) mass is 264 g/mol. The summed E-state index contributed by atoms with van der Waals surface area (Å²) in [6.45, 7) is 1.69. The quantitative estimate of drug-likeness (QED) is 0.818. The smallest absolute Gasteiger partial charge is 0.228 e. The van der Waals surface area contributed by atoms with Crippen molar-refractivity contribution in [2.45, 2.75) is 24.2 Å². The van der Waals surface area contributed by atoms with E-state index >= 15 is 0 Å². The first-order chi connectivity index (χ1) is 8.57. The molecule has 2 aliphatic heterocycles. The van der Waals surface area contributed by atoms with E-state index in [9.17, 15) is 9.00 Å². The number of benzene rings is 1. The third-order valence-corrected chi connectivity index (χ3v) is 5.74. The standard InChI is InChI=1S/C13H16N2O2S/c1-18(17,15-6-2-3-7-15)11-4-5-12-10(8-11)9-13(16)14-12/h4-5,8H,1-3,6-7,9H2,(H,14,16). The third kappa shape index (κ3) is 1.83. The first-order valence-electron chi connectivity index (χ1n) is 6.12. The average molecular weight is 264 g/mol. The molecule has 1 N–H and O–H groups in total.